The largest absolute Gasteiger partial charge is 0.394 e. The summed E-state index contributed by atoms with van der Waals surface area (Å²) in [5.74, 6) is 3.66. The van der Waals surface area contributed by atoms with Gasteiger partial charge in [0, 0.05) is 37.8 Å². The number of aromatic nitrogens is 4. The summed E-state index contributed by atoms with van der Waals surface area (Å²) in [6, 6.07) is 0. The van der Waals surface area contributed by atoms with Gasteiger partial charge < -0.3 is 15.3 Å². The molecule has 0 aromatic carbocycles. The molecule has 2 N–H and O–H groups in total. The smallest absolute Gasteiger partial charge is 0.227 e. The highest BCUT2D eigenvalue weighted by atomic mass is 35.5. The maximum atomic E-state index is 13.3. The molecule has 5 aliphatic rings. The lowest BCUT2D eigenvalue weighted by Gasteiger charge is -2.41. The van der Waals surface area contributed by atoms with Gasteiger partial charge in [0.1, 0.15) is 16.5 Å². The number of halogens is 1. The van der Waals surface area contributed by atoms with E-state index in [4.69, 9.17) is 21.6 Å². The Morgan fingerprint density at radius 1 is 1.16 bits per heavy atom. The Kier molecular flexibility index (Phi) is 4.05. The quantitative estimate of drug-likeness (QED) is 0.683. The van der Waals surface area contributed by atoms with E-state index in [1.165, 1.54) is 0 Å². The summed E-state index contributed by atoms with van der Waals surface area (Å²) < 4.78 is 13.2. The highest BCUT2D eigenvalue weighted by Gasteiger charge is 2.59. The van der Waals surface area contributed by atoms with Crippen LogP contribution in [0.4, 0.5) is 11.8 Å². The van der Waals surface area contributed by atoms with Crippen LogP contribution in [0.1, 0.15) is 49.5 Å². The Balaban J connectivity index is 1.17. The Labute approximate surface area is 193 Å². The van der Waals surface area contributed by atoms with Crippen LogP contribution < -0.4 is 10.2 Å². The average Bonchev–Trinajstić information content (AvgIpc) is 3.61. The summed E-state index contributed by atoms with van der Waals surface area (Å²) >= 11 is 5.93. The van der Waals surface area contributed by atoms with Gasteiger partial charge in [0.05, 0.1) is 38.4 Å². The van der Waals surface area contributed by atoms with Gasteiger partial charge in [-0.15, -0.1) is 0 Å². The molecule has 3 saturated carbocycles. The van der Waals surface area contributed by atoms with Gasteiger partial charge in [-0.1, -0.05) is 11.6 Å². The third-order valence-electron chi connectivity index (χ3n) is 8.21. The molecule has 1 saturated heterocycles. The van der Waals surface area contributed by atoms with Gasteiger partial charge in [0.2, 0.25) is 5.95 Å². The summed E-state index contributed by atoms with van der Waals surface area (Å²) in [5.41, 5.74) is 0.589. The number of hydrogen-bond donors (Lipinski definition) is 2. The lowest BCUT2D eigenvalue weighted by molar-refractivity contribution is 0.143. The zero-order valence-corrected chi connectivity index (χ0v) is 19.2. The van der Waals surface area contributed by atoms with E-state index in [0.29, 0.717) is 28.6 Å². The molecule has 2 aromatic rings. The van der Waals surface area contributed by atoms with Crippen molar-refractivity contribution in [3.05, 3.63) is 28.9 Å². The molecule has 10 heteroatoms. The first-order valence-electron chi connectivity index (χ1n) is 11.5. The topological polar surface area (TPSA) is 104 Å². The van der Waals surface area contributed by atoms with Gasteiger partial charge in [-0.3, -0.25) is 4.21 Å². The lowest BCUT2D eigenvalue weighted by atomic mass is 9.77. The highest BCUT2D eigenvalue weighted by molar-refractivity contribution is 7.87. The maximum Gasteiger partial charge on any atom is 0.227 e. The molecule has 2 unspecified atom stereocenters. The van der Waals surface area contributed by atoms with Crippen LogP contribution in [0.25, 0.3) is 0 Å². The fraction of sp³-hybridized carbons (Fsp3) is 0.636. The van der Waals surface area contributed by atoms with Crippen molar-refractivity contribution in [2.24, 2.45) is 11.8 Å². The van der Waals surface area contributed by atoms with Gasteiger partial charge in [0.15, 0.2) is 0 Å². The van der Waals surface area contributed by atoms with Crippen LogP contribution in [0.15, 0.2) is 17.3 Å². The molecule has 7 rings (SSSR count). The Hall–Kier alpha value is -1.84. The molecule has 3 aliphatic carbocycles. The number of piperidine rings is 1. The number of nitrogens with zero attached hydrogens (tertiary/aromatic N) is 5. The van der Waals surface area contributed by atoms with Crippen molar-refractivity contribution in [1.29, 1.82) is 0 Å². The molecule has 2 aromatic heterocycles. The monoisotopic (exact) mass is 472 g/mol. The number of hydrogen-bond acceptors (Lipinski definition) is 8. The molecular weight excluding hydrogens is 448 g/mol. The number of rotatable bonds is 5. The third kappa shape index (κ3) is 2.80. The van der Waals surface area contributed by atoms with Gasteiger partial charge in [-0.2, -0.15) is 4.98 Å². The van der Waals surface area contributed by atoms with Crippen LogP contribution >= 0.6 is 11.6 Å². The molecule has 4 fully saturated rings. The van der Waals surface area contributed by atoms with Crippen molar-refractivity contribution < 1.29 is 9.32 Å². The van der Waals surface area contributed by atoms with Crippen LogP contribution in [-0.4, -0.2) is 59.2 Å². The Morgan fingerprint density at radius 3 is 2.47 bits per heavy atom. The summed E-state index contributed by atoms with van der Waals surface area (Å²) in [4.78, 5) is 21.7. The van der Waals surface area contributed by atoms with Crippen LogP contribution in [-0.2, 0) is 17.2 Å². The molecule has 3 atom stereocenters. The first-order valence-corrected chi connectivity index (χ1v) is 13.0. The predicted molar refractivity (Wildman–Crippen MR) is 120 cm³/mol. The fourth-order valence-corrected chi connectivity index (χ4v) is 7.73. The number of fused-ring (bicyclic) bond motifs is 2. The fourth-order valence-electron chi connectivity index (χ4n) is 5.86. The Bertz CT molecular complexity index is 1120. The zero-order valence-electron chi connectivity index (χ0n) is 17.6. The minimum Gasteiger partial charge on any atom is -0.394 e. The maximum absolute atomic E-state index is 13.3. The van der Waals surface area contributed by atoms with Crippen molar-refractivity contribution >= 4 is 34.2 Å². The second-order valence-electron chi connectivity index (χ2n) is 10.2. The number of aliphatic hydroxyl groups excluding tert-OH is 1. The van der Waals surface area contributed by atoms with Crippen molar-refractivity contribution in [3.63, 3.8) is 0 Å². The summed E-state index contributed by atoms with van der Waals surface area (Å²) in [5, 5.41) is 14.1. The Morgan fingerprint density at radius 2 is 1.88 bits per heavy atom. The SMILES string of the molecule is O=[S@]1c2c(nc(N3CC4C(C3)C4c3ncc(Cl)cn3)nc2NC2(CO)CCC2)CC12CC2. The van der Waals surface area contributed by atoms with Gasteiger partial charge in [0.25, 0.3) is 0 Å². The molecule has 0 bridgehead atoms. The summed E-state index contributed by atoms with van der Waals surface area (Å²) in [6.45, 7) is 1.81. The average molecular weight is 473 g/mol. The first-order chi connectivity index (χ1) is 15.5. The van der Waals surface area contributed by atoms with Crippen molar-refractivity contribution in [2.45, 2.75) is 59.6 Å². The van der Waals surface area contributed by atoms with Gasteiger partial charge >= 0.3 is 0 Å². The minimum absolute atomic E-state index is 0.0650. The molecule has 168 valence electrons. The number of aliphatic hydroxyl groups is 1. The highest BCUT2D eigenvalue weighted by Crippen LogP contribution is 2.58. The second kappa shape index (κ2) is 6.61. The van der Waals surface area contributed by atoms with Gasteiger partial charge in [-0.25, -0.2) is 15.0 Å². The van der Waals surface area contributed by atoms with E-state index in [-0.39, 0.29) is 16.9 Å². The number of anilines is 2. The standard InChI is InChI=1S/C22H25ClN6O2S/c23-12-7-24-18(25-8-12)16-13-9-29(10-14(13)16)20-26-15-6-22(4-5-22)32(31)17(15)19(27-20)28-21(11-30)2-1-3-21/h7-8,13-14,16,30H,1-6,9-11H2,(H,26,27,28)/t13?,14?,16?,32-/m0/s1. The molecular formula is C22H25ClN6O2S. The van der Waals surface area contributed by atoms with E-state index >= 15 is 0 Å². The normalized spacial score (nSPS) is 32.4. The number of nitrogens with one attached hydrogen (secondary N) is 1. The molecule has 8 nitrogen and oxygen atoms in total. The predicted octanol–water partition coefficient (Wildman–Crippen LogP) is 2.29. The molecule has 0 radical (unpaired) electrons. The minimum atomic E-state index is -1.08. The van der Waals surface area contributed by atoms with Crippen molar-refractivity contribution in [3.8, 4) is 0 Å². The first kappa shape index (κ1) is 19.6. The van der Waals surface area contributed by atoms with E-state index in [0.717, 1.165) is 74.0 Å². The van der Waals surface area contributed by atoms with Crippen LogP contribution in [0.5, 0.6) is 0 Å². The van der Waals surface area contributed by atoms with E-state index in [1.807, 2.05) is 0 Å². The summed E-state index contributed by atoms with van der Waals surface area (Å²) in [6.07, 6.45) is 9.00. The molecule has 2 aliphatic heterocycles. The van der Waals surface area contributed by atoms with Crippen LogP contribution in [0.2, 0.25) is 5.02 Å². The molecule has 4 heterocycles. The zero-order chi connectivity index (χ0) is 21.7. The van der Waals surface area contributed by atoms with E-state index in [1.54, 1.807) is 12.4 Å². The van der Waals surface area contributed by atoms with Crippen molar-refractivity contribution in [2.75, 3.05) is 29.9 Å². The molecule has 1 spiro atoms. The van der Waals surface area contributed by atoms with Crippen LogP contribution in [0.3, 0.4) is 0 Å². The van der Waals surface area contributed by atoms with E-state index in [2.05, 4.69) is 20.2 Å². The van der Waals surface area contributed by atoms with Crippen LogP contribution in [0, 0.1) is 11.8 Å². The van der Waals surface area contributed by atoms with Gasteiger partial charge in [-0.05, 0) is 43.9 Å². The summed E-state index contributed by atoms with van der Waals surface area (Å²) in [7, 11) is -1.08. The van der Waals surface area contributed by atoms with E-state index < -0.39 is 10.8 Å². The van der Waals surface area contributed by atoms with Crippen molar-refractivity contribution in [1.82, 2.24) is 19.9 Å². The molecule has 32 heavy (non-hydrogen) atoms. The van der Waals surface area contributed by atoms with E-state index in [9.17, 15) is 9.32 Å². The third-order valence-corrected chi connectivity index (χ3v) is 10.5. The molecule has 0 amide bonds. The lowest BCUT2D eigenvalue weighted by Crippen LogP contribution is -2.48. The second-order valence-corrected chi connectivity index (χ2v) is 12.5.